The summed E-state index contributed by atoms with van der Waals surface area (Å²) >= 11 is 0. The summed E-state index contributed by atoms with van der Waals surface area (Å²) in [5.41, 5.74) is 3.22. The number of aryl methyl sites for hydroxylation is 2. The van der Waals surface area contributed by atoms with Gasteiger partial charge in [0.15, 0.2) is 0 Å². The Morgan fingerprint density at radius 3 is 2.64 bits per heavy atom. The molecule has 3 aromatic heterocycles. The van der Waals surface area contributed by atoms with Gasteiger partial charge < -0.3 is 4.40 Å². The lowest BCUT2D eigenvalue weighted by Crippen LogP contribution is -2.21. The Balaban J connectivity index is 1.83. The second-order valence-electron chi connectivity index (χ2n) is 6.04. The average molecular weight is 333 g/mol. The van der Waals surface area contributed by atoms with Crippen LogP contribution in [-0.4, -0.2) is 14.0 Å². The van der Waals surface area contributed by atoms with E-state index >= 15 is 0 Å². The van der Waals surface area contributed by atoms with E-state index in [0.717, 1.165) is 11.1 Å². The van der Waals surface area contributed by atoms with Crippen LogP contribution in [-0.2, 0) is 0 Å². The number of rotatable bonds is 2. The van der Waals surface area contributed by atoms with Crippen LogP contribution in [0.3, 0.4) is 0 Å². The molecule has 0 saturated carbocycles. The summed E-state index contributed by atoms with van der Waals surface area (Å²) in [4.78, 5) is 16.5. The molecular weight excluding hydrogens is 317 g/mol. The van der Waals surface area contributed by atoms with Crippen molar-refractivity contribution < 1.29 is 4.39 Å². The monoisotopic (exact) mass is 333 g/mol. The number of nitrogens with zero attached hydrogens (tertiary/aromatic N) is 3. The van der Waals surface area contributed by atoms with E-state index in [1.807, 2.05) is 41.1 Å². The minimum absolute atomic E-state index is 0.217. The van der Waals surface area contributed by atoms with Crippen LogP contribution in [0, 0.1) is 19.7 Å². The molecule has 1 aromatic carbocycles. The molecule has 0 aliphatic rings. The second kappa shape index (κ2) is 5.70. The van der Waals surface area contributed by atoms with E-state index in [-0.39, 0.29) is 11.4 Å². The predicted molar refractivity (Wildman–Crippen MR) is 95.7 cm³/mol. The van der Waals surface area contributed by atoms with Gasteiger partial charge >= 0.3 is 0 Å². The van der Waals surface area contributed by atoms with Crippen molar-refractivity contribution in [3.8, 4) is 16.8 Å². The largest absolute Gasteiger partial charge is 0.323 e. The molecule has 0 bridgehead atoms. The molecule has 4 rings (SSSR count). The lowest BCUT2D eigenvalue weighted by molar-refractivity contribution is 0.629. The average Bonchev–Trinajstić information content (AvgIpc) is 3.01. The normalized spacial score (nSPS) is 11.2. The van der Waals surface area contributed by atoms with Crippen molar-refractivity contribution >= 4 is 5.52 Å². The number of hydrogen-bond acceptors (Lipinski definition) is 2. The first-order chi connectivity index (χ1) is 12.0. The first-order valence-electron chi connectivity index (χ1n) is 7.97. The van der Waals surface area contributed by atoms with Crippen LogP contribution in [0.4, 0.5) is 4.39 Å². The van der Waals surface area contributed by atoms with E-state index < -0.39 is 0 Å². The van der Waals surface area contributed by atoms with Gasteiger partial charge in [0.25, 0.3) is 5.56 Å². The summed E-state index contributed by atoms with van der Waals surface area (Å²) in [5, 5.41) is 0. The van der Waals surface area contributed by atoms with Crippen LogP contribution < -0.4 is 5.56 Å². The van der Waals surface area contributed by atoms with E-state index in [0.29, 0.717) is 22.8 Å². The van der Waals surface area contributed by atoms with Crippen molar-refractivity contribution in [1.82, 2.24) is 14.0 Å². The van der Waals surface area contributed by atoms with Crippen molar-refractivity contribution in [1.29, 1.82) is 0 Å². The van der Waals surface area contributed by atoms with Gasteiger partial charge in [-0.3, -0.25) is 9.36 Å². The van der Waals surface area contributed by atoms with Crippen molar-refractivity contribution in [3.05, 3.63) is 88.6 Å². The van der Waals surface area contributed by atoms with E-state index in [2.05, 4.69) is 4.98 Å². The van der Waals surface area contributed by atoms with Gasteiger partial charge in [-0.25, -0.2) is 9.37 Å². The molecule has 0 fully saturated rings. The molecule has 0 N–H and O–H groups in total. The summed E-state index contributed by atoms with van der Waals surface area (Å²) in [7, 11) is 0. The maximum atomic E-state index is 14.7. The third kappa shape index (κ3) is 2.63. The van der Waals surface area contributed by atoms with Crippen LogP contribution in [0.2, 0.25) is 0 Å². The summed E-state index contributed by atoms with van der Waals surface area (Å²) < 4.78 is 18.1. The fraction of sp³-hybridized carbons (Fsp3) is 0.100. The van der Waals surface area contributed by atoms with Gasteiger partial charge in [-0.1, -0.05) is 6.07 Å². The standard InChI is InChI=1S/C20H16FN3O/c1-13-10-20(25)24(14(2)22-13)17-7-8-18(19(21)11-17)15-5-6-16-4-3-9-23(16)12-15/h3-12H,1-2H3. The minimum atomic E-state index is -0.379. The first kappa shape index (κ1) is 15.3. The van der Waals surface area contributed by atoms with Gasteiger partial charge in [0, 0.05) is 40.8 Å². The highest BCUT2D eigenvalue weighted by molar-refractivity contribution is 5.67. The van der Waals surface area contributed by atoms with Gasteiger partial charge in [0.05, 0.1) is 5.69 Å². The molecule has 0 atom stereocenters. The molecule has 25 heavy (non-hydrogen) atoms. The number of benzene rings is 1. The Morgan fingerprint density at radius 1 is 1.04 bits per heavy atom. The third-order valence-electron chi connectivity index (χ3n) is 4.26. The Bertz CT molecular complexity index is 1160. The molecule has 4 nitrogen and oxygen atoms in total. The molecule has 3 heterocycles. The molecule has 0 saturated heterocycles. The molecule has 0 unspecified atom stereocenters. The molecular formula is C20H16FN3O. The van der Waals surface area contributed by atoms with E-state index in [1.54, 1.807) is 26.0 Å². The van der Waals surface area contributed by atoms with E-state index in [4.69, 9.17) is 0 Å². The lowest BCUT2D eigenvalue weighted by Gasteiger charge is -2.12. The Hall–Kier alpha value is -3.21. The van der Waals surface area contributed by atoms with Crippen molar-refractivity contribution in [2.75, 3.05) is 0 Å². The number of hydrogen-bond donors (Lipinski definition) is 0. The summed E-state index contributed by atoms with van der Waals surface area (Å²) in [6, 6.07) is 14.0. The maximum absolute atomic E-state index is 14.7. The van der Waals surface area contributed by atoms with Gasteiger partial charge in [0.2, 0.25) is 0 Å². The Labute approximate surface area is 143 Å². The highest BCUT2D eigenvalue weighted by atomic mass is 19.1. The summed E-state index contributed by atoms with van der Waals surface area (Å²) in [5.74, 6) is 0.154. The molecule has 0 aliphatic carbocycles. The van der Waals surface area contributed by atoms with Gasteiger partial charge in [0.1, 0.15) is 11.6 Å². The second-order valence-corrected chi connectivity index (χ2v) is 6.04. The maximum Gasteiger partial charge on any atom is 0.258 e. The van der Waals surface area contributed by atoms with E-state index in [9.17, 15) is 9.18 Å². The number of aromatic nitrogens is 3. The SMILES string of the molecule is Cc1cc(=O)n(-c2ccc(-c3ccc4cccn4c3)c(F)c2)c(C)n1. The fourth-order valence-corrected chi connectivity index (χ4v) is 3.12. The molecule has 4 aromatic rings. The summed E-state index contributed by atoms with van der Waals surface area (Å²) in [6.45, 7) is 3.50. The number of fused-ring (bicyclic) bond motifs is 1. The molecule has 5 heteroatoms. The van der Waals surface area contributed by atoms with Gasteiger partial charge in [-0.2, -0.15) is 0 Å². The molecule has 0 amide bonds. The van der Waals surface area contributed by atoms with Gasteiger partial charge in [-0.05, 0) is 50.2 Å². The van der Waals surface area contributed by atoms with Crippen LogP contribution in [0.5, 0.6) is 0 Å². The topological polar surface area (TPSA) is 39.3 Å². The fourth-order valence-electron chi connectivity index (χ4n) is 3.12. The Morgan fingerprint density at radius 2 is 1.88 bits per heavy atom. The molecule has 0 aliphatic heterocycles. The number of halogens is 1. The Kier molecular flexibility index (Phi) is 3.50. The molecule has 124 valence electrons. The molecule has 0 spiro atoms. The molecule has 0 radical (unpaired) electrons. The highest BCUT2D eigenvalue weighted by Gasteiger charge is 2.11. The van der Waals surface area contributed by atoms with Crippen LogP contribution in [0.1, 0.15) is 11.5 Å². The van der Waals surface area contributed by atoms with E-state index in [1.165, 1.54) is 16.7 Å². The predicted octanol–water partition coefficient (Wildman–Crippen LogP) is 3.91. The number of pyridine rings is 1. The minimum Gasteiger partial charge on any atom is -0.323 e. The van der Waals surface area contributed by atoms with Crippen LogP contribution in [0.25, 0.3) is 22.3 Å². The van der Waals surface area contributed by atoms with Crippen LogP contribution in [0.15, 0.2) is 65.7 Å². The van der Waals surface area contributed by atoms with Crippen molar-refractivity contribution in [3.63, 3.8) is 0 Å². The zero-order valence-electron chi connectivity index (χ0n) is 13.9. The van der Waals surface area contributed by atoms with Crippen molar-refractivity contribution in [2.24, 2.45) is 0 Å². The third-order valence-corrected chi connectivity index (χ3v) is 4.26. The van der Waals surface area contributed by atoms with Crippen molar-refractivity contribution in [2.45, 2.75) is 13.8 Å². The van der Waals surface area contributed by atoms with Crippen LogP contribution >= 0.6 is 0 Å². The summed E-state index contributed by atoms with van der Waals surface area (Å²) in [6.07, 6.45) is 3.81. The first-order valence-corrected chi connectivity index (χ1v) is 7.97. The lowest BCUT2D eigenvalue weighted by atomic mass is 10.1. The zero-order chi connectivity index (χ0) is 17.6. The smallest absolute Gasteiger partial charge is 0.258 e. The highest BCUT2D eigenvalue weighted by Crippen LogP contribution is 2.25. The quantitative estimate of drug-likeness (QED) is 0.558. The van der Waals surface area contributed by atoms with Gasteiger partial charge in [-0.15, -0.1) is 0 Å². The zero-order valence-corrected chi connectivity index (χ0v) is 13.9.